The maximum absolute atomic E-state index is 12.0. The lowest BCUT2D eigenvalue weighted by Gasteiger charge is -2.08. The Labute approximate surface area is 117 Å². The summed E-state index contributed by atoms with van der Waals surface area (Å²) in [4.78, 5) is 15.9. The highest BCUT2D eigenvalue weighted by Crippen LogP contribution is 2.11. The van der Waals surface area contributed by atoms with E-state index in [4.69, 9.17) is 5.84 Å². The molecule has 0 atom stereocenters. The number of pyridine rings is 1. The molecule has 0 aliphatic rings. The number of H-pyrrole nitrogens is 1. The number of hydrogen-bond acceptors (Lipinski definition) is 5. The number of carbonyl (C=O) groups excluding carboxylic acids is 1. The van der Waals surface area contributed by atoms with E-state index in [2.05, 4.69) is 25.9 Å². The number of nitrogens with one attached hydrogen (secondary N) is 3. The molecule has 0 bridgehead atoms. The zero-order valence-corrected chi connectivity index (χ0v) is 11.3. The van der Waals surface area contributed by atoms with Gasteiger partial charge in [-0.15, -0.1) is 0 Å². The molecule has 2 rings (SSSR count). The normalized spacial score (nSPS) is 10.3. The second-order valence-electron chi connectivity index (χ2n) is 4.45. The first-order valence-corrected chi connectivity index (χ1v) is 6.40. The number of hydrazine groups is 1. The van der Waals surface area contributed by atoms with Gasteiger partial charge in [0.2, 0.25) is 0 Å². The number of aromatic nitrogens is 3. The van der Waals surface area contributed by atoms with Gasteiger partial charge in [-0.2, -0.15) is 5.10 Å². The first-order chi connectivity index (χ1) is 9.72. The van der Waals surface area contributed by atoms with Crippen molar-refractivity contribution in [2.45, 2.75) is 19.8 Å². The number of anilines is 1. The van der Waals surface area contributed by atoms with Crippen molar-refractivity contribution in [2.75, 3.05) is 12.0 Å². The van der Waals surface area contributed by atoms with Crippen LogP contribution >= 0.6 is 0 Å². The Bertz CT molecular complexity index is 580. The third-order valence-electron chi connectivity index (χ3n) is 3.06. The molecule has 5 N–H and O–H groups in total. The van der Waals surface area contributed by atoms with Gasteiger partial charge in [-0.3, -0.25) is 20.7 Å². The van der Waals surface area contributed by atoms with E-state index in [1.54, 1.807) is 12.3 Å². The smallest absolute Gasteiger partial charge is 0.255 e. The Morgan fingerprint density at radius 1 is 1.45 bits per heavy atom. The second kappa shape index (κ2) is 6.67. The van der Waals surface area contributed by atoms with Crippen molar-refractivity contribution in [3.05, 3.63) is 41.5 Å². The van der Waals surface area contributed by atoms with Crippen LogP contribution in [0.25, 0.3) is 0 Å². The molecule has 0 aromatic carbocycles. The van der Waals surface area contributed by atoms with Gasteiger partial charge in [0.25, 0.3) is 5.91 Å². The summed E-state index contributed by atoms with van der Waals surface area (Å²) in [5.41, 5.74) is 5.72. The predicted octanol–water partition coefficient (Wildman–Crippen LogP) is 0.761. The summed E-state index contributed by atoms with van der Waals surface area (Å²) in [5.74, 6) is 5.17. The van der Waals surface area contributed by atoms with E-state index in [9.17, 15) is 4.79 Å². The molecule has 2 aromatic rings. The van der Waals surface area contributed by atoms with Crippen molar-refractivity contribution in [1.82, 2.24) is 20.5 Å². The molecule has 7 heteroatoms. The number of aromatic amines is 1. The fourth-order valence-corrected chi connectivity index (χ4v) is 1.90. The molecular formula is C13H18N6O. The number of nitrogens with zero attached hydrogens (tertiary/aromatic N) is 2. The van der Waals surface area contributed by atoms with Gasteiger partial charge < -0.3 is 10.7 Å². The number of aryl methyl sites for hydroxylation is 2. The zero-order chi connectivity index (χ0) is 14.4. The fourth-order valence-electron chi connectivity index (χ4n) is 1.90. The molecule has 0 aliphatic heterocycles. The van der Waals surface area contributed by atoms with Crippen LogP contribution < -0.4 is 16.6 Å². The molecule has 0 fully saturated rings. The standard InChI is InChI=1S/C13H18N6O/c1-9-10(7-17-19-9)3-2-5-16-13(20)11-8-15-6-4-12(11)18-14/h4,6-8H,2-3,5,14H2,1H3,(H,15,18)(H,16,20)(H,17,19). The van der Waals surface area contributed by atoms with E-state index in [0.29, 0.717) is 17.8 Å². The molecule has 0 aliphatic carbocycles. The van der Waals surface area contributed by atoms with Crippen LogP contribution in [0, 0.1) is 6.92 Å². The number of nitrogens with two attached hydrogens (primary N) is 1. The molecule has 0 saturated carbocycles. The quantitative estimate of drug-likeness (QED) is 0.353. The van der Waals surface area contributed by atoms with Gasteiger partial charge in [-0.25, -0.2) is 0 Å². The van der Waals surface area contributed by atoms with Crippen molar-refractivity contribution < 1.29 is 4.79 Å². The minimum atomic E-state index is -0.185. The first-order valence-electron chi connectivity index (χ1n) is 6.40. The molecule has 20 heavy (non-hydrogen) atoms. The van der Waals surface area contributed by atoms with Crippen LogP contribution in [0.5, 0.6) is 0 Å². The fraction of sp³-hybridized carbons (Fsp3) is 0.308. The average Bonchev–Trinajstić information content (AvgIpc) is 2.88. The molecular weight excluding hydrogens is 256 g/mol. The summed E-state index contributed by atoms with van der Waals surface area (Å²) >= 11 is 0. The molecule has 0 spiro atoms. The van der Waals surface area contributed by atoms with Crippen LogP contribution in [0.4, 0.5) is 5.69 Å². The number of rotatable bonds is 6. The number of carbonyl (C=O) groups is 1. The molecule has 1 amide bonds. The summed E-state index contributed by atoms with van der Waals surface area (Å²) in [6.07, 6.45) is 6.60. The van der Waals surface area contributed by atoms with Crippen molar-refractivity contribution in [1.29, 1.82) is 0 Å². The van der Waals surface area contributed by atoms with E-state index in [0.717, 1.165) is 18.5 Å². The van der Waals surface area contributed by atoms with Crippen molar-refractivity contribution in [2.24, 2.45) is 5.84 Å². The second-order valence-corrected chi connectivity index (χ2v) is 4.45. The maximum Gasteiger partial charge on any atom is 0.255 e. The largest absolute Gasteiger partial charge is 0.352 e. The molecule has 2 heterocycles. The minimum absolute atomic E-state index is 0.185. The Balaban J connectivity index is 1.82. The van der Waals surface area contributed by atoms with Gasteiger partial charge in [-0.1, -0.05) is 0 Å². The van der Waals surface area contributed by atoms with Crippen molar-refractivity contribution in [3.63, 3.8) is 0 Å². The Morgan fingerprint density at radius 2 is 2.30 bits per heavy atom. The van der Waals surface area contributed by atoms with Crippen molar-refractivity contribution >= 4 is 11.6 Å². The highest BCUT2D eigenvalue weighted by atomic mass is 16.1. The molecule has 7 nitrogen and oxygen atoms in total. The van der Waals surface area contributed by atoms with E-state index in [-0.39, 0.29) is 5.91 Å². The van der Waals surface area contributed by atoms with E-state index >= 15 is 0 Å². The van der Waals surface area contributed by atoms with Gasteiger partial charge >= 0.3 is 0 Å². The van der Waals surface area contributed by atoms with E-state index in [1.807, 2.05) is 13.1 Å². The summed E-state index contributed by atoms with van der Waals surface area (Å²) in [5, 5.41) is 9.70. The zero-order valence-electron chi connectivity index (χ0n) is 11.3. The van der Waals surface area contributed by atoms with E-state index < -0.39 is 0 Å². The van der Waals surface area contributed by atoms with Gasteiger partial charge in [-0.05, 0) is 31.4 Å². The van der Waals surface area contributed by atoms with Gasteiger partial charge in [0.15, 0.2) is 0 Å². The summed E-state index contributed by atoms with van der Waals surface area (Å²) < 4.78 is 0. The summed E-state index contributed by atoms with van der Waals surface area (Å²) in [7, 11) is 0. The highest BCUT2D eigenvalue weighted by molar-refractivity contribution is 5.99. The third-order valence-corrected chi connectivity index (χ3v) is 3.06. The van der Waals surface area contributed by atoms with Crippen LogP contribution in [-0.4, -0.2) is 27.6 Å². The lowest BCUT2D eigenvalue weighted by Crippen LogP contribution is -2.26. The van der Waals surface area contributed by atoms with Gasteiger partial charge in [0, 0.05) is 24.6 Å². The average molecular weight is 274 g/mol. The topological polar surface area (TPSA) is 109 Å². The maximum atomic E-state index is 12.0. The monoisotopic (exact) mass is 274 g/mol. The Kier molecular flexibility index (Phi) is 4.67. The van der Waals surface area contributed by atoms with E-state index in [1.165, 1.54) is 11.8 Å². The lowest BCUT2D eigenvalue weighted by molar-refractivity contribution is 0.0953. The summed E-state index contributed by atoms with van der Waals surface area (Å²) in [6.45, 7) is 2.57. The molecule has 0 radical (unpaired) electrons. The molecule has 0 unspecified atom stereocenters. The minimum Gasteiger partial charge on any atom is -0.352 e. The van der Waals surface area contributed by atoms with Crippen molar-refractivity contribution in [3.8, 4) is 0 Å². The van der Waals surface area contributed by atoms with Crippen LogP contribution in [0.15, 0.2) is 24.7 Å². The number of amides is 1. The molecule has 106 valence electrons. The lowest BCUT2D eigenvalue weighted by atomic mass is 10.1. The molecule has 0 saturated heterocycles. The number of hydrogen-bond donors (Lipinski definition) is 4. The van der Waals surface area contributed by atoms with Crippen LogP contribution in [0.2, 0.25) is 0 Å². The van der Waals surface area contributed by atoms with Gasteiger partial charge in [0.1, 0.15) is 0 Å². The Morgan fingerprint density at radius 3 is 3.00 bits per heavy atom. The predicted molar refractivity (Wildman–Crippen MR) is 76.0 cm³/mol. The molecule has 2 aromatic heterocycles. The van der Waals surface area contributed by atoms with Crippen LogP contribution in [0.3, 0.4) is 0 Å². The highest BCUT2D eigenvalue weighted by Gasteiger charge is 2.10. The number of nitrogen functional groups attached to an aromatic ring is 1. The summed E-state index contributed by atoms with van der Waals surface area (Å²) in [6, 6.07) is 1.66. The van der Waals surface area contributed by atoms with Crippen LogP contribution in [-0.2, 0) is 6.42 Å². The third kappa shape index (κ3) is 3.33. The SMILES string of the molecule is Cc1[nH]ncc1CCCNC(=O)c1cnccc1NN. The van der Waals surface area contributed by atoms with Gasteiger partial charge in [0.05, 0.1) is 17.4 Å². The first kappa shape index (κ1) is 14.0. The Hall–Kier alpha value is -2.41. The van der Waals surface area contributed by atoms with Crippen LogP contribution in [0.1, 0.15) is 28.0 Å².